The highest BCUT2D eigenvalue weighted by Crippen LogP contribution is 2.40. The van der Waals surface area contributed by atoms with Crippen LogP contribution in [0.3, 0.4) is 0 Å². The number of aromatic nitrogens is 2. The number of fused-ring (bicyclic) bond motifs is 2. The number of aliphatic hydroxyl groups excluding tert-OH is 1. The van der Waals surface area contributed by atoms with Crippen molar-refractivity contribution in [1.29, 1.82) is 0 Å². The Morgan fingerprint density at radius 2 is 1.97 bits per heavy atom. The number of methoxy groups -OCH3 is 1. The molecule has 1 aliphatic carbocycles. The van der Waals surface area contributed by atoms with Gasteiger partial charge in [0.15, 0.2) is 0 Å². The Bertz CT molecular complexity index is 1080. The van der Waals surface area contributed by atoms with E-state index in [9.17, 15) is 5.11 Å². The summed E-state index contributed by atoms with van der Waals surface area (Å²) < 4.78 is 7.42. The predicted molar refractivity (Wildman–Crippen MR) is 113 cm³/mol. The second kappa shape index (κ2) is 7.17. The van der Waals surface area contributed by atoms with Crippen molar-refractivity contribution in [2.24, 2.45) is 0 Å². The molecule has 150 valence electrons. The van der Waals surface area contributed by atoms with Gasteiger partial charge in [0.1, 0.15) is 5.75 Å². The molecule has 0 bridgehead atoms. The van der Waals surface area contributed by atoms with E-state index in [4.69, 9.17) is 21.4 Å². The van der Waals surface area contributed by atoms with Crippen molar-refractivity contribution < 1.29 is 9.84 Å². The monoisotopic (exact) mass is 409 g/mol. The second-order valence-electron chi connectivity index (χ2n) is 7.86. The second-order valence-corrected chi connectivity index (χ2v) is 8.27. The highest BCUT2D eigenvalue weighted by Gasteiger charge is 2.38. The minimum atomic E-state index is -0.574. The molecular weight excluding hydrogens is 386 g/mol. The Balaban J connectivity index is 1.46. The summed E-state index contributed by atoms with van der Waals surface area (Å²) in [7, 11) is 1.71. The van der Waals surface area contributed by atoms with Crippen LogP contribution < -0.4 is 4.74 Å². The number of benzene rings is 2. The first-order chi connectivity index (χ1) is 14.1. The van der Waals surface area contributed by atoms with Gasteiger partial charge in [0, 0.05) is 36.0 Å². The number of halogens is 1. The van der Waals surface area contributed by atoms with Crippen molar-refractivity contribution in [2.75, 3.05) is 7.11 Å². The SMILES string of the molecule is COc1cccc2c1CN(C1CCc3nn(-c4ccccc4Cl)c(C)c3[C@@H]1O)C2. The first-order valence-corrected chi connectivity index (χ1v) is 10.4. The standard InChI is InChI=1S/C23H24ClN3O2/c1-14-22-18(25-27(14)19-8-4-3-7-17(19)24)10-11-20(23(22)28)26-12-15-6-5-9-21(29-2)16(15)13-26/h3-9,20,23,28H,10-13H2,1-2H3/t20?,23-/m1/s1. The zero-order chi connectivity index (χ0) is 20.1. The van der Waals surface area contributed by atoms with Gasteiger partial charge in [0.2, 0.25) is 0 Å². The fraction of sp³-hybridized carbons (Fsp3) is 0.348. The zero-order valence-corrected chi connectivity index (χ0v) is 17.4. The smallest absolute Gasteiger partial charge is 0.123 e. The molecule has 0 amide bonds. The highest BCUT2D eigenvalue weighted by atomic mass is 35.5. The van der Waals surface area contributed by atoms with Crippen molar-refractivity contribution in [3.63, 3.8) is 0 Å². The van der Waals surface area contributed by atoms with Crippen LogP contribution in [-0.2, 0) is 19.5 Å². The van der Waals surface area contributed by atoms with E-state index in [-0.39, 0.29) is 6.04 Å². The first kappa shape index (κ1) is 18.7. The van der Waals surface area contributed by atoms with Crippen LogP contribution in [0.15, 0.2) is 42.5 Å². The van der Waals surface area contributed by atoms with Gasteiger partial charge < -0.3 is 9.84 Å². The summed E-state index contributed by atoms with van der Waals surface area (Å²) in [6.45, 7) is 3.65. The largest absolute Gasteiger partial charge is 0.496 e. The molecule has 2 aliphatic rings. The van der Waals surface area contributed by atoms with Gasteiger partial charge >= 0.3 is 0 Å². The van der Waals surface area contributed by atoms with E-state index in [0.29, 0.717) is 5.02 Å². The summed E-state index contributed by atoms with van der Waals surface area (Å²) in [5.41, 5.74) is 6.24. The Labute approximate surface area is 175 Å². The van der Waals surface area contributed by atoms with Gasteiger partial charge in [-0.3, -0.25) is 4.90 Å². The Morgan fingerprint density at radius 1 is 1.14 bits per heavy atom. The number of nitrogens with zero attached hydrogens (tertiary/aromatic N) is 3. The molecule has 0 radical (unpaired) electrons. The molecular formula is C23H24ClN3O2. The quantitative estimate of drug-likeness (QED) is 0.704. The third kappa shape index (κ3) is 2.96. The highest BCUT2D eigenvalue weighted by molar-refractivity contribution is 6.32. The maximum Gasteiger partial charge on any atom is 0.123 e. The third-order valence-corrected chi connectivity index (χ3v) is 6.63. The van der Waals surface area contributed by atoms with Crippen molar-refractivity contribution >= 4 is 11.6 Å². The molecule has 3 aromatic rings. The number of ether oxygens (including phenoxy) is 1. The van der Waals surface area contributed by atoms with Crippen molar-refractivity contribution in [3.05, 3.63) is 75.6 Å². The lowest BCUT2D eigenvalue weighted by atomic mass is 9.88. The van der Waals surface area contributed by atoms with Gasteiger partial charge in [-0.1, -0.05) is 35.9 Å². The number of aryl methyl sites for hydroxylation is 1. The normalized spacial score (nSPS) is 21.1. The zero-order valence-electron chi connectivity index (χ0n) is 16.6. The molecule has 0 fully saturated rings. The summed E-state index contributed by atoms with van der Waals surface area (Å²) in [4.78, 5) is 2.37. The van der Waals surface area contributed by atoms with E-state index in [1.807, 2.05) is 48.0 Å². The number of hydrogen-bond acceptors (Lipinski definition) is 4. The van der Waals surface area contributed by atoms with Crippen molar-refractivity contribution in [2.45, 2.75) is 45.0 Å². The van der Waals surface area contributed by atoms with Crippen LogP contribution in [0.4, 0.5) is 0 Å². The molecule has 1 aromatic heterocycles. The van der Waals surface area contributed by atoms with Crippen molar-refractivity contribution in [3.8, 4) is 11.4 Å². The summed E-state index contributed by atoms with van der Waals surface area (Å²) in [6.07, 6.45) is 1.15. The van der Waals surface area contributed by atoms with Crippen LogP contribution in [0.5, 0.6) is 5.75 Å². The van der Waals surface area contributed by atoms with Gasteiger partial charge in [-0.2, -0.15) is 5.10 Å². The van der Waals surface area contributed by atoms with Crippen LogP contribution in [0.25, 0.3) is 5.69 Å². The van der Waals surface area contributed by atoms with E-state index in [2.05, 4.69) is 11.0 Å². The molecule has 6 heteroatoms. The lowest BCUT2D eigenvalue weighted by Gasteiger charge is -2.35. The molecule has 1 N–H and O–H groups in total. The van der Waals surface area contributed by atoms with Gasteiger partial charge in [0.05, 0.1) is 29.6 Å². The van der Waals surface area contributed by atoms with E-state index in [1.54, 1.807) is 7.11 Å². The van der Waals surface area contributed by atoms with Gasteiger partial charge in [-0.25, -0.2) is 4.68 Å². The lowest BCUT2D eigenvalue weighted by molar-refractivity contribution is 0.0330. The maximum atomic E-state index is 11.3. The Morgan fingerprint density at radius 3 is 2.76 bits per heavy atom. The van der Waals surface area contributed by atoms with Gasteiger partial charge in [-0.05, 0) is 43.5 Å². The van der Waals surface area contributed by atoms with Crippen molar-refractivity contribution in [1.82, 2.24) is 14.7 Å². The summed E-state index contributed by atoms with van der Waals surface area (Å²) >= 11 is 6.40. The lowest BCUT2D eigenvalue weighted by Crippen LogP contribution is -2.39. The molecule has 0 spiro atoms. The summed E-state index contributed by atoms with van der Waals surface area (Å²) in [5.74, 6) is 0.929. The molecule has 2 atom stereocenters. The molecule has 5 nitrogen and oxygen atoms in total. The number of hydrogen-bond donors (Lipinski definition) is 1. The van der Waals surface area contributed by atoms with Crippen LogP contribution in [0, 0.1) is 6.92 Å². The minimum Gasteiger partial charge on any atom is -0.496 e. The first-order valence-electron chi connectivity index (χ1n) is 9.98. The van der Waals surface area contributed by atoms with Crippen LogP contribution in [0.2, 0.25) is 5.02 Å². The molecule has 5 rings (SSSR count). The van der Waals surface area contributed by atoms with E-state index >= 15 is 0 Å². The third-order valence-electron chi connectivity index (χ3n) is 6.31. The number of para-hydroxylation sites is 1. The topological polar surface area (TPSA) is 50.5 Å². The molecule has 0 saturated carbocycles. The molecule has 2 aromatic carbocycles. The summed E-state index contributed by atoms with van der Waals surface area (Å²) in [6, 6.07) is 13.9. The van der Waals surface area contributed by atoms with Gasteiger partial charge in [0.25, 0.3) is 0 Å². The van der Waals surface area contributed by atoms with E-state index in [0.717, 1.165) is 54.3 Å². The van der Waals surface area contributed by atoms with Crippen LogP contribution >= 0.6 is 11.6 Å². The van der Waals surface area contributed by atoms with Crippen LogP contribution in [-0.4, -0.2) is 32.9 Å². The summed E-state index contributed by atoms with van der Waals surface area (Å²) in [5, 5.41) is 16.8. The van der Waals surface area contributed by atoms with E-state index < -0.39 is 6.10 Å². The van der Waals surface area contributed by atoms with Gasteiger partial charge in [-0.15, -0.1) is 0 Å². The Hall–Kier alpha value is -2.34. The molecule has 0 saturated heterocycles. The van der Waals surface area contributed by atoms with Crippen LogP contribution in [0.1, 0.15) is 40.6 Å². The number of rotatable bonds is 3. The predicted octanol–water partition coefficient (Wildman–Crippen LogP) is 4.21. The molecule has 2 heterocycles. The Kier molecular flexibility index (Phi) is 4.62. The fourth-order valence-electron chi connectivity index (χ4n) is 4.86. The maximum absolute atomic E-state index is 11.3. The molecule has 29 heavy (non-hydrogen) atoms. The van der Waals surface area contributed by atoms with E-state index in [1.165, 1.54) is 11.1 Å². The average molecular weight is 410 g/mol. The molecule has 1 unspecified atom stereocenters. The minimum absolute atomic E-state index is 0.0576. The molecule has 1 aliphatic heterocycles. The average Bonchev–Trinajstić information content (AvgIpc) is 3.30. The fourth-order valence-corrected chi connectivity index (χ4v) is 5.08. The number of aliphatic hydroxyl groups is 1.